The molecular weight excluding hydrogens is 96.1 g/mol. The van der Waals surface area contributed by atoms with Crippen LogP contribution in [0.5, 0.6) is 0 Å². The Balaban J connectivity index is 2.61. The molecule has 0 aliphatic heterocycles. The molecule has 38 valence electrons. The Kier molecular flexibility index (Phi) is 1.10. The summed E-state index contributed by atoms with van der Waals surface area (Å²) in [7, 11) is 0. The van der Waals surface area contributed by atoms with Crippen LogP contribution in [-0.2, 0) is 0 Å². The molecule has 1 aliphatic rings. The van der Waals surface area contributed by atoms with E-state index in [4.69, 9.17) is 12.8 Å². The highest BCUT2D eigenvalue weighted by molar-refractivity contribution is 5.27. The molecule has 0 nitrogen and oxygen atoms in total. The minimum Gasteiger partial charge on any atom is -0.119 e. The average Bonchev–Trinajstić information content (AvgIpc) is 1.66. The molecule has 0 bridgehead atoms. The van der Waals surface area contributed by atoms with E-state index < -0.39 is 0 Å². The van der Waals surface area contributed by atoms with Crippen molar-refractivity contribution in [2.45, 2.75) is 0 Å². The van der Waals surface area contributed by atoms with Gasteiger partial charge in [0.25, 0.3) is 0 Å². The zero-order valence-corrected chi connectivity index (χ0v) is 4.46. The van der Waals surface area contributed by atoms with Crippen molar-refractivity contribution in [3.63, 3.8) is 0 Å². The van der Waals surface area contributed by atoms with Crippen molar-refractivity contribution in [2.24, 2.45) is 11.8 Å². The van der Waals surface area contributed by atoms with Gasteiger partial charge in [0.15, 0.2) is 0 Å². The van der Waals surface area contributed by atoms with Gasteiger partial charge < -0.3 is 0 Å². The van der Waals surface area contributed by atoms with E-state index in [2.05, 4.69) is 11.8 Å². The van der Waals surface area contributed by atoms with Crippen LogP contribution in [0.3, 0.4) is 0 Å². The van der Waals surface area contributed by atoms with Crippen LogP contribution in [0.25, 0.3) is 0 Å². The second-order valence-electron chi connectivity index (χ2n) is 1.77. The molecule has 2 atom stereocenters. The van der Waals surface area contributed by atoms with Crippen molar-refractivity contribution in [1.29, 1.82) is 0 Å². The van der Waals surface area contributed by atoms with Crippen LogP contribution in [-0.4, -0.2) is 0 Å². The van der Waals surface area contributed by atoms with Gasteiger partial charge in [-0.3, -0.25) is 0 Å². The van der Waals surface area contributed by atoms with Gasteiger partial charge in [-0.15, -0.1) is 12.8 Å². The minimum absolute atomic E-state index is 0.208. The van der Waals surface area contributed by atoms with Crippen molar-refractivity contribution in [3.05, 3.63) is 12.2 Å². The summed E-state index contributed by atoms with van der Waals surface area (Å²) in [6.45, 7) is 0. The average molecular weight is 102 g/mol. The Hall–Kier alpha value is -1.14. The zero-order valence-electron chi connectivity index (χ0n) is 4.46. The normalized spacial score (nSPS) is 32.2. The lowest BCUT2D eigenvalue weighted by Gasteiger charge is -2.18. The molecule has 8 heavy (non-hydrogen) atoms. The largest absolute Gasteiger partial charge is 0.119 e. The van der Waals surface area contributed by atoms with Crippen molar-refractivity contribution < 1.29 is 0 Å². The molecule has 0 N–H and O–H groups in total. The number of terminal acetylenes is 2. The first-order valence-electron chi connectivity index (χ1n) is 2.49. The maximum atomic E-state index is 5.10. The fraction of sp³-hybridized carbons (Fsp3) is 0.250. The maximum absolute atomic E-state index is 5.10. The van der Waals surface area contributed by atoms with Crippen LogP contribution in [0, 0.1) is 36.5 Å². The lowest BCUT2D eigenvalue weighted by Crippen LogP contribution is -2.13. The predicted octanol–water partition coefficient (Wildman–Crippen LogP) is 1.05. The van der Waals surface area contributed by atoms with Gasteiger partial charge in [0.2, 0.25) is 0 Å². The van der Waals surface area contributed by atoms with Crippen LogP contribution in [0.2, 0.25) is 0 Å². The molecule has 1 aliphatic carbocycles. The Labute approximate surface area is 49.6 Å². The Morgan fingerprint density at radius 3 is 1.50 bits per heavy atom. The molecule has 0 heteroatoms. The fourth-order valence-corrected chi connectivity index (χ4v) is 0.652. The Bertz CT molecular complexity index is 163. The van der Waals surface area contributed by atoms with Gasteiger partial charge in [-0.1, -0.05) is 24.0 Å². The molecule has 0 fully saturated rings. The first-order valence-corrected chi connectivity index (χ1v) is 2.49. The number of hydrogen-bond donors (Lipinski definition) is 0. The third-order valence-electron chi connectivity index (χ3n) is 1.30. The highest BCUT2D eigenvalue weighted by Gasteiger charge is 2.18. The molecular formula is C8H6. The summed E-state index contributed by atoms with van der Waals surface area (Å²) in [5, 5.41) is 0. The minimum atomic E-state index is 0.208. The van der Waals surface area contributed by atoms with E-state index in [1.807, 2.05) is 12.2 Å². The molecule has 0 aromatic carbocycles. The molecule has 0 aromatic rings. The van der Waals surface area contributed by atoms with Crippen molar-refractivity contribution in [3.8, 4) is 24.7 Å². The molecule has 0 saturated carbocycles. The first-order chi connectivity index (χ1) is 3.88. The van der Waals surface area contributed by atoms with E-state index in [1.165, 1.54) is 0 Å². The standard InChI is InChI=1S/C8H6/c1-3-7-5-6-8(7)4-2/h1-2,5-8H/t7-,8-/m1/s1. The van der Waals surface area contributed by atoms with Crippen molar-refractivity contribution >= 4 is 0 Å². The summed E-state index contributed by atoms with van der Waals surface area (Å²) in [4.78, 5) is 0. The monoisotopic (exact) mass is 102 g/mol. The van der Waals surface area contributed by atoms with E-state index in [9.17, 15) is 0 Å². The lowest BCUT2D eigenvalue weighted by atomic mass is 9.84. The summed E-state index contributed by atoms with van der Waals surface area (Å²) in [5.74, 6) is 5.56. The van der Waals surface area contributed by atoms with Crippen LogP contribution in [0.1, 0.15) is 0 Å². The van der Waals surface area contributed by atoms with Crippen molar-refractivity contribution in [1.82, 2.24) is 0 Å². The van der Waals surface area contributed by atoms with Gasteiger partial charge in [-0.25, -0.2) is 0 Å². The summed E-state index contributed by atoms with van der Waals surface area (Å²) in [5.41, 5.74) is 0. The van der Waals surface area contributed by atoms with Crippen LogP contribution < -0.4 is 0 Å². The van der Waals surface area contributed by atoms with Crippen molar-refractivity contribution in [2.75, 3.05) is 0 Å². The molecule has 1 rings (SSSR count). The van der Waals surface area contributed by atoms with Gasteiger partial charge in [0.1, 0.15) is 0 Å². The molecule has 0 amide bonds. The second-order valence-corrected chi connectivity index (χ2v) is 1.77. The predicted molar refractivity (Wildman–Crippen MR) is 33.8 cm³/mol. The Morgan fingerprint density at radius 1 is 1.00 bits per heavy atom. The summed E-state index contributed by atoms with van der Waals surface area (Å²) < 4.78 is 0. The zero-order chi connectivity index (χ0) is 5.98. The maximum Gasteiger partial charge on any atom is 0.0553 e. The number of hydrogen-bond acceptors (Lipinski definition) is 0. The van der Waals surface area contributed by atoms with E-state index >= 15 is 0 Å². The van der Waals surface area contributed by atoms with Gasteiger partial charge in [0.05, 0.1) is 11.8 Å². The van der Waals surface area contributed by atoms with E-state index in [0.717, 1.165) is 0 Å². The SMILES string of the molecule is C#C[C@@H]1C=C[C@H]1C#C. The molecule has 0 radical (unpaired) electrons. The Morgan fingerprint density at radius 2 is 1.38 bits per heavy atom. The smallest absolute Gasteiger partial charge is 0.0553 e. The van der Waals surface area contributed by atoms with Gasteiger partial charge in [-0.05, 0) is 0 Å². The highest BCUT2D eigenvalue weighted by Crippen LogP contribution is 2.22. The third-order valence-corrected chi connectivity index (χ3v) is 1.30. The van der Waals surface area contributed by atoms with Gasteiger partial charge in [-0.2, -0.15) is 0 Å². The van der Waals surface area contributed by atoms with Crippen LogP contribution in [0.15, 0.2) is 12.2 Å². The second kappa shape index (κ2) is 1.76. The number of rotatable bonds is 0. The molecule has 0 unspecified atom stereocenters. The summed E-state index contributed by atoms with van der Waals surface area (Å²) in [6, 6.07) is 0. The van der Waals surface area contributed by atoms with Crippen LogP contribution >= 0.6 is 0 Å². The molecule has 0 spiro atoms. The van der Waals surface area contributed by atoms with Crippen LogP contribution in [0.4, 0.5) is 0 Å². The van der Waals surface area contributed by atoms with E-state index in [-0.39, 0.29) is 11.8 Å². The highest BCUT2D eigenvalue weighted by atomic mass is 14.2. The molecule has 0 heterocycles. The third kappa shape index (κ3) is 0.515. The quantitative estimate of drug-likeness (QED) is 0.317. The molecule has 0 aromatic heterocycles. The van der Waals surface area contributed by atoms with Gasteiger partial charge in [0, 0.05) is 0 Å². The summed E-state index contributed by atoms with van der Waals surface area (Å²) in [6.07, 6.45) is 14.1. The van der Waals surface area contributed by atoms with Gasteiger partial charge >= 0.3 is 0 Å². The number of allylic oxidation sites excluding steroid dienone is 2. The first kappa shape index (κ1) is 5.01. The van der Waals surface area contributed by atoms with E-state index in [0.29, 0.717) is 0 Å². The topological polar surface area (TPSA) is 0 Å². The lowest BCUT2D eigenvalue weighted by molar-refractivity contribution is 0.651. The summed E-state index contributed by atoms with van der Waals surface area (Å²) >= 11 is 0. The fourth-order valence-electron chi connectivity index (χ4n) is 0.652. The molecule has 0 saturated heterocycles. The van der Waals surface area contributed by atoms with E-state index in [1.54, 1.807) is 0 Å².